The van der Waals surface area contributed by atoms with Gasteiger partial charge in [0.05, 0.1) is 0 Å². The summed E-state index contributed by atoms with van der Waals surface area (Å²) in [7, 11) is 0. The third kappa shape index (κ3) is 5.33. The first kappa shape index (κ1) is 17.5. The van der Waals surface area contributed by atoms with E-state index in [2.05, 4.69) is 11.4 Å². The monoisotopic (exact) mass is 338 g/mol. The Balaban J connectivity index is 1.47. The van der Waals surface area contributed by atoms with Crippen LogP contribution in [-0.4, -0.2) is 11.9 Å². The largest absolute Gasteiger partial charge is 0.489 e. The molecule has 3 N–H and O–H groups in total. The average Bonchev–Trinajstić information content (AvgIpc) is 3.04. The molecule has 1 aliphatic rings. The number of para-hydroxylation sites is 1. The van der Waals surface area contributed by atoms with E-state index in [1.807, 2.05) is 48.5 Å². The fourth-order valence-electron chi connectivity index (χ4n) is 3.34. The van der Waals surface area contributed by atoms with Gasteiger partial charge in [-0.2, -0.15) is 0 Å². The van der Waals surface area contributed by atoms with Crippen molar-refractivity contribution in [2.75, 3.05) is 0 Å². The summed E-state index contributed by atoms with van der Waals surface area (Å²) in [5, 5.41) is 3.01. The minimum Gasteiger partial charge on any atom is -0.489 e. The van der Waals surface area contributed by atoms with E-state index in [0.29, 0.717) is 25.5 Å². The first-order chi connectivity index (χ1) is 12.2. The van der Waals surface area contributed by atoms with Crippen molar-refractivity contribution >= 4 is 5.91 Å². The van der Waals surface area contributed by atoms with Crippen LogP contribution in [0.2, 0.25) is 0 Å². The van der Waals surface area contributed by atoms with Crippen LogP contribution >= 0.6 is 0 Å². The molecule has 0 heterocycles. The van der Waals surface area contributed by atoms with Gasteiger partial charge in [-0.3, -0.25) is 4.79 Å². The van der Waals surface area contributed by atoms with Crippen LogP contribution in [-0.2, 0) is 17.9 Å². The Hall–Kier alpha value is -2.33. The molecule has 3 rings (SSSR count). The second kappa shape index (κ2) is 8.67. The summed E-state index contributed by atoms with van der Waals surface area (Å²) in [6.07, 6.45) is 3.79. The van der Waals surface area contributed by atoms with E-state index in [1.54, 1.807) is 0 Å². The predicted molar refractivity (Wildman–Crippen MR) is 99.0 cm³/mol. The van der Waals surface area contributed by atoms with E-state index in [1.165, 1.54) is 0 Å². The molecule has 2 aromatic rings. The molecule has 0 spiro atoms. The lowest BCUT2D eigenvalue weighted by molar-refractivity contribution is -0.122. The van der Waals surface area contributed by atoms with Gasteiger partial charge in [-0.25, -0.2) is 0 Å². The minimum atomic E-state index is 0.0910. The third-order valence-corrected chi connectivity index (χ3v) is 4.80. The lowest BCUT2D eigenvalue weighted by atomic mass is 10.00. The highest BCUT2D eigenvalue weighted by molar-refractivity contribution is 5.76. The number of carbonyl (C=O) groups is 1. The van der Waals surface area contributed by atoms with Crippen LogP contribution in [0.15, 0.2) is 54.6 Å². The van der Waals surface area contributed by atoms with Crippen LogP contribution < -0.4 is 15.8 Å². The maximum atomic E-state index is 12.1. The SMILES string of the molecule is N[C@@H]1CCC[C@H]1CC(=O)NCc1cccc(COc2ccccc2)c1. The smallest absolute Gasteiger partial charge is 0.220 e. The van der Waals surface area contributed by atoms with Crippen LogP contribution in [0.3, 0.4) is 0 Å². The zero-order chi connectivity index (χ0) is 17.5. The van der Waals surface area contributed by atoms with Crippen molar-refractivity contribution in [3.63, 3.8) is 0 Å². The van der Waals surface area contributed by atoms with Gasteiger partial charge in [0, 0.05) is 19.0 Å². The molecule has 25 heavy (non-hydrogen) atoms. The van der Waals surface area contributed by atoms with Crippen molar-refractivity contribution in [3.8, 4) is 5.75 Å². The minimum absolute atomic E-state index is 0.0910. The Kier molecular flexibility index (Phi) is 6.07. The highest BCUT2D eigenvalue weighted by atomic mass is 16.5. The van der Waals surface area contributed by atoms with E-state index in [0.717, 1.165) is 36.1 Å². The van der Waals surface area contributed by atoms with Crippen molar-refractivity contribution < 1.29 is 9.53 Å². The summed E-state index contributed by atoms with van der Waals surface area (Å²) < 4.78 is 5.77. The molecule has 2 aromatic carbocycles. The Bertz CT molecular complexity index is 687. The van der Waals surface area contributed by atoms with Crippen molar-refractivity contribution in [2.45, 2.75) is 44.9 Å². The molecule has 0 bridgehead atoms. The maximum absolute atomic E-state index is 12.1. The average molecular weight is 338 g/mol. The number of nitrogens with one attached hydrogen (secondary N) is 1. The number of benzene rings is 2. The molecule has 1 saturated carbocycles. The van der Waals surface area contributed by atoms with Crippen LogP contribution in [0.5, 0.6) is 5.75 Å². The molecule has 1 fully saturated rings. The third-order valence-electron chi connectivity index (χ3n) is 4.80. The van der Waals surface area contributed by atoms with Crippen molar-refractivity contribution in [2.24, 2.45) is 11.7 Å². The molecule has 132 valence electrons. The Morgan fingerprint density at radius 1 is 1.08 bits per heavy atom. The Labute approximate surface area is 149 Å². The Morgan fingerprint density at radius 2 is 1.88 bits per heavy atom. The summed E-state index contributed by atoms with van der Waals surface area (Å²) in [6, 6.07) is 18.1. The normalized spacial score (nSPS) is 19.6. The molecule has 1 aliphatic carbocycles. The number of hydrogen-bond donors (Lipinski definition) is 2. The number of carbonyl (C=O) groups excluding carboxylic acids is 1. The van der Waals surface area contributed by atoms with E-state index in [9.17, 15) is 4.79 Å². The van der Waals surface area contributed by atoms with E-state index in [-0.39, 0.29) is 11.9 Å². The number of rotatable bonds is 7. The van der Waals surface area contributed by atoms with Gasteiger partial charge < -0.3 is 15.8 Å². The lowest BCUT2D eigenvalue weighted by Crippen LogP contribution is -2.31. The molecule has 0 aromatic heterocycles. The lowest BCUT2D eigenvalue weighted by Gasteiger charge is -2.15. The molecular weight excluding hydrogens is 312 g/mol. The molecule has 0 radical (unpaired) electrons. The fraction of sp³-hybridized carbons (Fsp3) is 0.381. The van der Waals surface area contributed by atoms with Crippen LogP contribution in [0.4, 0.5) is 0 Å². The van der Waals surface area contributed by atoms with Gasteiger partial charge in [-0.1, -0.05) is 48.9 Å². The van der Waals surface area contributed by atoms with Crippen LogP contribution in [0.25, 0.3) is 0 Å². The maximum Gasteiger partial charge on any atom is 0.220 e. The van der Waals surface area contributed by atoms with Gasteiger partial charge in [0.1, 0.15) is 12.4 Å². The second-order valence-electron chi connectivity index (χ2n) is 6.76. The molecule has 2 atom stereocenters. The van der Waals surface area contributed by atoms with E-state index in [4.69, 9.17) is 10.5 Å². The molecule has 4 nitrogen and oxygen atoms in total. The highest BCUT2D eigenvalue weighted by Gasteiger charge is 2.25. The van der Waals surface area contributed by atoms with E-state index >= 15 is 0 Å². The Morgan fingerprint density at radius 3 is 2.64 bits per heavy atom. The van der Waals surface area contributed by atoms with Gasteiger partial charge in [-0.15, -0.1) is 0 Å². The summed E-state index contributed by atoms with van der Waals surface area (Å²) in [5.41, 5.74) is 8.21. The first-order valence-electron chi connectivity index (χ1n) is 8.98. The van der Waals surface area contributed by atoms with Gasteiger partial charge in [-0.05, 0) is 42.0 Å². The summed E-state index contributed by atoms with van der Waals surface area (Å²) in [5.74, 6) is 1.29. The summed E-state index contributed by atoms with van der Waals surface area (Å²) >= 11 is 0. The topological polar surface area (TPSA) is 64.4 Å². The molecule has 4 heteroatoms. The first-order valence-corrected chi connectivity index (χ1v) is 8.98. The number of hydrogen-bond acceptors (Lipinski definition) is 3. The number of amides is 1. The van der Waals surface area contributed by atoms with Gasteiger partial charge in [0.15, 0.2) is 0 Å². The number of nitrogens with two attached hydrogens (primary N) is 1. The quantitative estimate of drug-likeness (QED) is 0.813. The molecule has 1 amide bonds. The van der Waals surface area contributed by atoms with Crippen LogP contribution in [0, 0.1) is 5.92 Å². The van der Waals surface area contributed by atoms with Crippen molar-refractivity contribution in [3.05, 3.63) is 65.7 Å². The van der Waals surface area contributed by atoms with Gasteiger partial charge in [0.25, 0.3) is 0 Å². The molecule has 0 unspecified atom stereocenters. The number of ether oxygens (including phenoxy) is 1. The fourth-order valence-corrected chi connectivity index (χ4v) is 3.34. The van der Waals surface area contributed by atoms with Gasteiger partial charge in [0.2, 0.25) is 5.91 Å². The second-order valence-corrected chi connectivity index (χ2v) is 6.76. The van der Waals surface area contributed by atoms with Gasteiger partial charge >= 0.3 is 0 Å². The molecule has 0 aliphatic heterocycles. The van der Waals surface area contributed by atoms with Crippen molar-refractivity contribution in [1.29, 1.82) is 0 Å². The summed E-state index contributed by atoms with van der Waals surface area (Å²) in [4.78, 5) is 12.1. The predicted octanol–water partition coefficient (Wildman–Crippen LogP) is 3.40. The zero-order valence-electron chi connectivity index (χ0n) is 14.5. The molecular formula is C21H26N2O2. The van der Waals surface area contributed by atoms with Crippen molar-refractivity contribution in [1.82, 2.24) is 5.32 Å². The standard InChI is InChI=1S/C21H26N2O2/c22-20-11-5-8-18(20)13-21(24)23-14-16-6-4-7-17(12-16)15-25-19-9-2-1-3-10-19/h1-4,6-7,9-10,12,18,20H,5,8,11,13-15,22H2,(H,23,24)/t18-,20+/m0/s1. The summed E-state index contributed by atoms with van der Waals surface area (Å²) in [6.45, 7) is 1.06. The zero-order valence-corrected chi connectivity index (χ0v) is 14.5. The van der Waals surface area contributed by atoms with Crippen LogP contribution in [0.1, 0.15) is 36.8 Å². The highest BCUT2D eigenvalue weighted by Crippen LogP contribution is 2.26. The van der Waals surface area contributed by atoms with E-state index < -0.39 is 0 Å². The molecule has 0 saturated heterocycles.